The smallest absolute Gasteiger partial charge is 0.339 e. The van der Waals surface area contributed by atoms with E-state index in [-0.39, 0.29) is 16.4 Å². The summed E-state index contributed by atoms with van der Waals surface area (Å²) in [5.74, 6) is 0.149. The van der Waals surface area contributed by atoms with Crippen LogP contribution >= 0.6 is 0 Å². The van der Waals surface area contributed by atoms with E-state index >= 15 is 0 Å². The summed E-state index contributed by atoms with van der Waals surface area (Å²) in [5, 5.41) is 0.762. The second-order valence-corrected chi connectivity index (χ2v) is 8.29. The molecule has 0 spiro atoms. The zero-order valence-corrected chi connectivity index (χ0v) is 16.6. The van der Waals surface area contributed by atoms with Gasteiger partial charge in [0, 0.05) is 29.8 Å². The van der Waals surface area contributed by atoms with Gasteiger partial charge in [0.05, 0.1) is 5.52 Å². The Morgan fingerprint density at radius 1 is 0.931 bits per heavy atom. The van der Waals surface area contributed by atoms with Crippen LogP contribution in [0.5, 0.6) is 5.75 Å². The van der Waals surface area contributed by atoms with E-state index in [2.05, 4.69) is 0 Å². The molecule has 29 heavy (non-hydrogen) atoms. The van der Waals surface area contributed by atoms with Crippen LogP contribution in [0.4, 0.5) is 0 Å². The summed E-state index contributed by atoms with van der Waals surface area (Å²) >= 11 is 0. The fourth-order valence-electron chi connectivity index (χ4n) is 3.28. The molecule has 5 nitrogen and oxygen atoms in total. The van der Waals surface area contributed by atoms with E-state index < -0.39 is 10.1 Å². The van der Waals surface area contributed by atoms with E-state index in [0.29, 0.717) is 12.1 Å². The molecule has 1 aromatic heterocycles. The van der Waals surface area contributed by atoms with Crippen molar-refractivity contribution in [2.75, 3.05) is 0 Å². The quantitative estimate of drug-likeness (QED) is 0.346. The van der Waals surface area contributed by atoms with Crippen LogP contribution in [0, 0.1) is 0 Å². The average molecular weight is 405 g/mol. The Labute approximate surface area is 169 Å². The highest BCUT2D eigenvalue weighted by molar-refractivity contribution is 7.87. The number of carbonyl (C=O) groups excluding carboxylic acids is 1. The molecular formula is C23H19NO4S. The highest BCUT2D eigenvalue weighted by Crippen LogP contribution is 2.28. The number of hydrogen-bond acceptors (Lipinski definition) is 4. The molecule has 4 rings (SSSR count). The largest absolute Gasteiger partial charge is 0.379 e. The third-order valence-corrected chi connectivity index (χ3v) is 5.93. The number of fused-ring (bicyclic) bond motifs is 1. The first kappa shape index (κ1) is 19.0. The molecule has 0 aliphatic carbocycles. The summed E-state index contributed by atoms with van der Waals surface area (Å²) in [6.45, 7) is 2.07. The first-order chi connectivity index (χ1) is 13.9. The Kier molecular flexibility index (Phi) is 4.94. The van der Waals surface area contributed by atoms with E-state index in [9.17, 15) is 13.2 Å². The maximum Gasteiger partial charge on any atom is 0.339 e. The van der Waals surface area contributed by atoms with Gasteiger partial charge >= 0.3 is 10.1 Å². The lowest BCUT2D eigenvalue weighted by Crippen LogP contribution is -2.09. The van der Waals surface area contributed by atoms with Gasteiger partial charge in [0.1, 0.15) is 10.6 Å². The molecule has 3 aromatic carbocycles. The standard InChI is InChI=1S/C23H19NO4S/c1-17(25)22-16-24(15-18-8-4-2-5-9-18)23-14-19(12-13-21(22)23)28-29(26,27)20-10-6-3-7-11-20/h2-14,16H,15H2,1H3. The summed E-state index contributed by atoms with van der Waals surface area (Å²) in [5.41, 5.74) is 2.40. The molecule has 0 saturated carbocycles. The maximum absolute atomic E-state index is 12.5. The lowest BCUT2D eigenvalue weighted by Gasteiger charge is -2.09. The van der Waals surface area contributed by atoms with Crippen LogP contribution in [0.3, 0.4) is 0 Å². The SMILES string of the molecule is CC(=O)c1cn(Cc2ccccc2)c2cc(OS(=O)(=O)c3ccccc3)ccc12. The molecule has 1 heterocycles. The van der Waals surface area contributed by atoms with Crippen molar-refractivity contribution in [1.29, 1.82) is 0 Å². The van der Waals surface area contributed by atoms with E-state index in [1.807, 2.05) is 34.9 Å². The summed E-state index contributed by atoms with van der Waals surface area (Å²) in [6, 6.07) is 22.8. The first-order valence-electron chi connectivity index (χ1n) is 9.11. The molecule has 0 unspecified atom stereocenters. The van der Waals surface area contributed by atoms with E-state index in [4.69, 9.17) is 4.18 Å². The second kappa shape index (κ2) is 7.56. The number of hydrogen-bond donors (Lipinski definition) is 0. The van der Waals surface area contributed by atoms with Gasteiger partial charge < -0.3 is 8.75 Å². The van der Waals surface area contributed by atoms with Crippen LogP contribution in [0.1, 0.15) is 22.8 Å². The second-order valence-electron chi connectivity index (χ2n) is 6.74. The lowest BCUT2D eigenvalue weighted by molar-refractivity contribution is 0.101. The number of carbonyl (C=O) groups is 1. The number of Topliss-reactive ketones (excluding diaryl/α,β-unsaturated/α-hetero) is 1. The third-order valence-electron chi connectivity index (χ3n) is 4.67. The lowest BCUT2D eigenvalue weighted by atomic mass is 10.1. The molecule has 0 atom stereocenters. The highest BCUT2D eigenvalue weighted by Gasteiger charge is 2.18. The van der Waals surface area contributed by atoms with Crippen LogP contribution in [-0.4, -0.2) is 18.8 Å². The Morgan fingerprint density at radius 2 is 1.59 bits per heavy atom. The van der Waals surface area contributed by atoms with Crippen molar-refractivity contribution in [2.45, 2.75) is 18.4 Å². The van der Waals surface area contributed by atoms with Crippen molar-refractivity contribution < 1.29 is 17.4 Å². The van der Waals surface area contributed by atoms with Gasteiger partial charge in [0.25, 0.3) is 0 Å². The van der Waals surface area contributed by atoms with Crippen LogP contribution in [0.2, 0.25) is 0 Å². The molecule has 0 saturated heterocycles. The molecule has 146 valence electrons. The molecule has 0 radical (unpaired) electrons. The van der Waals surface area contributed by atoms with Crippen LogP contribution in [-0.2, 0) is 16.7 Å². The summed E-state index contributed by atoms with van der Waals surface area (Å²) in [6.07, 6.45) is 1.80. The van der Waals surface area contributed by atoms with Gasteiger partial charge in [-0.15, -0.1) is 0 Å². The maximum atomic E-state index is 12.5. The molecule has 0 aliphatic heterocycles. The van der Waals surface area contributed by atoms with E-state index in [0.717, 1.165) is 16.5 Å². The molecule has 6 heteroatoms. The Balaban J connectivity index is 1.76. The van der Waals surface area contributed by atoms with Gasteiger partial charge in [-0.05, 0) is 36.8 Å². The van der Waals surface area contributed by atoms with Gasteiger partial charge in [0.2, 0.25) is 0 Å². The predicted octanol–water partition coefficient (Wildman–Crippen LogP) is 4.66. The molecule has 0 amide bonds. The minimum Gasteiger partial charge on any atom is -0.379 e. The van der Waals surface area contributed by atoms with Gasteiger partial charge in [0.15, 0.2) is 5.78 Å². The van der Waals surface area contributed by atoms with Crippen molar-refractivity contribution >= 4 is 26.8 Å². The van der Waals surface area contributed by atoms with Gasteiger partial charge in [-0.2, -0.15) is 8.42 Å². The number of nitrogens with zero attached hydrogens (tertiary/aromatic N) is 1. The minimum absolute atomic E-state index is 0.0487. The van der Waals surface area contributed by atoms with E-state index in [1.165, 1.54) is 19.1 Å². The van der Waals surface area contributed by atoms with Crippen LogP contribution < -0.4 is 4.18 Å². The van der Waals surface area contributed by atoms with Gasteiger partial charge in [-0.3, -0.25) is 4.79 Å². The first-order valence-corrected chi connectivity index (χ1v) is 10.5. The Hall–Kier alpha value is -3.38. The Bertz CT molecular complexity index is 1280. The van der Waals surface area contributed by atoms with Gasteiger partial charge in [-0.25, -0.2) is 0 Å². The van der Waals surface area contributed by atoms with Crippen molar-refractivity contribution in [2.24, 2.45) is 0 Å². The molecular weight excluding hydrogens is 386 g/mol. The summed E-state index contributed by atoms with van der Waals surface area (Å²) in [7, 11) is -3.94. The zero-order valence-electron chi connectivity index (χ0n) is 15.8. The Morgan fingerprint density at radius 3 is 2.24 bits per heavy atom. The fourth-order valence-corrected chi connectivity index (χ4v) is 4.22. The number of rotatable bonds is 6. The van der Waals surface area contributed by atoms with E-state index in [1.54, 1.807) is 42.6 Å². The van der Waals surface area contributed by atoms with Crippen LogP contribution in [0.25, 0.3) is 10.9 Å². The fraction of sp³-hybridized carbons (Fsp3) is 0.0870. The molecule has 0 aliphatic rings. The summed E-state index contributed by atoms with van der Waals surface area (Å²) < 4.78 is 32.4. The van der Waals surface area contributed by atoms with Crippen molar-refractivity contribution in [3.8, 4) is 5.75 Å². The number of ketones is 1. The topological polar surface area (TPSA) is 65.4 Å². The number of benzene rings is 3. The van der Waals surface area contributed by atoms with Crippen molar-refractivity contribution in [3.63, 3.8) is 0 Å². The average Bonchev–Trinajstić information content (AvgIpc) is 3.07. The summed E-state index contributed by atoms with van der Waals surface area (Å²) in [4.78, 5) is 12.2. The van der Waals surface area contributed by atoms with Crippen molar-refractivity contribution in [3.05, 3.63) is 96.2 Å². The number of aromatic nitrogens is 1. The highest BCUT2D eigenvalue weighted by atomic mass is 32.2. The molecule has 0 N–H and O–H groups in total. The third kappa shape index (κ3) is 3.93. The monoisotopic (exact) mass is 405 g/mol. The minimum atomic E-state index is -3.94. The zero-order chi connectivity index (χ0) is 20.4. The normalized spacial score (nSPS) is 11.5. The molecule has 4 aromatic rings. The molecule has 0 fully saturated rings. The molecule has 0 bridgehead atoms. The predicted molar refractivity (Wildman–Crippen MR) is 112 cm³/mol. The van der Waals surface area contributed by atoms with Crippen LogP contribution in [0.15, 0.2) is 90.0 Å². The van der Waals surface area contributed by atoms with Gasteiger partial charge in [-0.1, -0.05) is 48.5 Å². The van der Waals surface area contributed by atoms with Crippen molar-refractivity contribution in [1.82, 2.24) is 4.57 Å².